The molecule has 0 unspecified atom stereocenters. The van der Waals surface area contributed by atoms with Crippen LogP contribution in [0, 0.1) is 0 Å². The molecule has 1 aromatic heterocycles. The zero-order valence-corrected chi connectivity index (χ0v) is 11.9. The average molecular weight is 253 g/mol. The van der Waals surface area contributed by atoms with Gasteiger partial charge in [-0.15, -0.1) is 11.3 Å². The third-order valence-corrected chi connectivity index (χ3v) is 4.42. The molecule has 1 N–H and O–H groups in total. The molecule has 0 bridgehead atoms. The lowest BCUT2D eigenvalue weighted by Crippen LogP contribution is -2.54. The second-order valence-electron chi connectivity index (χ2n) is 5.31. The number of rotatable bonds is 4. The monoisotopic (exact) mass is 253 g/mol. The van der Waals surface area contributed by atoms with Gasteiger partial charge in [0.25, 0.3) is 0 Å². The fourth-order valence-corrected chi connectivity index (χ4v) is 3.44. The Labute approximate surface area is 108 Å². The summed E-state index contributed by atoms with van der Waals surface area (Å²) < 4.78 is 0. The van der Waals surface area contributed by atoms with E-state index in [9.17, 15) is 0 Å². The van der Waals surface area contributed by atoms with Crippen molar-refractivity contribution in [3.8, 4) is 0 Å². The van der Waals surface area contributed by atoms with Gasteiger partial charge in [-0.25, -0.2) is 4.98 Å². The van der Waals surface area contributed by atoms with Gasteiger partial charge >= 0.3 is 0 Å². The van der Waals surface area contributed by atoms with Crippen LogP contribution >= 0.6 is 11.3 Å². The largest absolute Gasteiger partial charge is 0.314 e. The molecular weight excluding hydrogens is 230 g/mol. The van der Waals surface area contributed by atoms with Gasteiger partial charge in [-0.05, 0) is 20.3 Å². The summed E-state index contributed by atoms with van der Waals surface area (Å²) in [6.07, 6.45) is 2.11. The van der Waals surface area contributed by atoms with E-state index in [1.165, 1.54) is 10.7 Å². The Balaban J connectivity index is 1.99. The number of nitrogens with zero attached hydrogens (tertiary/aromatic N) is 2. The lowest BCUT2D eigenvalue weighted by atomic mass is 9.97. The molecule has 0 atom stereocenters. The van der Waals surface area contributed by atoms with Crippen LogP contribution in [0.25, 0.3) is 0 Å². The van der Waals surface area contributed by atoms with Gasteiger partial charge in [0.05, 0.1) is 10.7 Å². The van der Waals surface area contributed by atoms with Crippen LogP contribution in [-0.2, 0) is 12.8 Å². The fourth-order valence-electron chi connectivity index (χ4n) is 2.34. The zero-order chi connectivity index (χ0) is 12.3. The van der Waals surface area contributed by atoms with Crippen molar-refractivity contribution >= 4 is 11.3 Å². The van der Waals surface area contributed by atoms with Crippen molar-refractivity contribution in [1.82, 2.24) is 15.2 Å². The fraction of sp³-hybridized carbons (Fsp3) is 0.769. The summed E-state index contributed by atoms with van der Waals surface area (Å²) in [6, 6.07) is 0. The molecule has 0 radical (unpaired) electrons. The third kappa shape index (κ3) is 3.27. The quantitative estimate of drug-likeness (QED) is 0.889. The van der Waals surface area contributed by atoms with Crippen LogP contribution in [0.3, 0.4) is 0 Å². The van der Waals surface area contributed by atoms with Crippen molar-refractivity contribution in [3.63, 3.8) is 0 Å². The van der Waals surface area contributed by atoms with Crippen LogP contribution in [0.5, 0.6) is 0 Å². The SMILES string of the molecule is CCc1csc(CC(C)(C)N2CCNCC2)n1. The molecule has 4 heteroatoms. The van der Waals surface area contributed by atoms with Crippen molar-refractivity contribution < 1.29 is 0 Å². The molecule has 2 rings (SSSR count). The normalized spacial score (nSPS) is 18.5. The van der Waals surface area contributed by atoms with Crippen molar-refractivity contribution in [1.29, 1.82) is 0 Å². The molecule has 1 aliphatic heterocycles. The first-order valence-electron chi connectivity index (χ1n) is 6.51. The molecule has 1 aliphatic rings. The molecule has 17 heavy (non-hydrogen) atoms. The third-order valence-electron chi connectivity index (χ3n) is 3.52. The van der Waals surface area contributed by atoms with E-state index in [1.807, 2.05) is 11.3 Å². The summed E-state index contributed by atoms with van der Waals surface area (Å²) in [5.74, 6) is 0. The molecule has 1 aromatic rings. The minimum Gasteiger partial charge on any atom is -0.314 e. The molecule has 1 fully saturated rings. The van der Waals surface area contributed by atoms with Crippen molar-refractivity contribution in [2.45, 2.75) is 39.2 Å². The molecule has 1 saturated heterocycles. The Hall–Kier alpha value is -0.450. The standard InChI is InChI=1S/C13H23N3S/c1-4-11-10-17-12(15-11)9-13(2,3)16-7-5-14-6-8-16/h10,14H,4-9H2,1-3H3. The predicted molar refractivity (Wildman–Crippen MR) is 73.7 cm³/mol. The molecule has 2 heterocycles. The van der Waals surface area contributed by atoms with E-state index in [4.69, 9.17) is 0 Å². The Kier molecular flexibility index (Phi) is 4.17. The van der Waals surface area contributed by atoms with E-state index in [0.717, 1.165) is 39.0 Å². The summed E-state index contributed by atoms with van der Waals surface area (Å²) in [5, 5.41) is 6.89. The molecule has 0 spiro atoms. The van der Waals surface area contributed by atoms with Crippen LogP contribution in [0.1, 0.15) is 31.5 Å². The zero-order valence-electron chi connectivity index (χ0n) is 11.1. The molecule has 0 aliphatic carbocycles. The Morgan fingerprint density at radius 1 is 1.41 bits per heavy atom. The highest BCUT2D eigenvalue weighted by molar-refractivity contribution is 7.09. The minimum atomic E-state index is 0.227. The van der Waals surface area contributed by atoms with Crippen molar-refractivity contribution in [2.75, 3.05) is 26.2 Å². The number of thiazole rings is 1. The van der Waals surface area contributed by atoms with Crippen molar-refractivity contribution in [3.05, 3.63) is 16.1 Å². The van der Waals surface area contributed by atoms with Gasteiger partial charge in [-0.3, -0.25) is 4.90 Å². The molecule has 96 valence electrons. The highest BCUT2D eigenvalue weighted by atomic mass is 32.1. The molecule has 0 saturated carbocycles. The van der Waals surface area contributed by atoms with E-state index >= 15 is 0 Å². The Bertz CT molecular complexity index is 353. The van der Waals surface area contributed by atoms with Crippen LogP contribution in [0.15, 0.2) is 5.38 Å². The maximum absolute atomic E-state index is 4.68. The lowest BCUT2D eigenvalue weighted by Gasteiger charge is -2.40. The van der Waals surface area contributed by atoms with Gasteiger partial charge in [0.1, 0.15) is 0 Å². The van der Waals surface area contributed by atoms with E-state index < -0.39 is 0 Å². The topological polar surface area (TPSA) is 28.2 Å². The van der Waals surface area contributed by atoms with Crippen LogP contribution in [-0.4, -0.2) is 41.6 Å². The smallest absolute Gasteiger partial charge is 0.0946 e. The first-order valence-corrected chi connectivity index (χ1v) is 7.39. The maximum atomic E-state index is 4.68. The molecular formula is C13H23N3S. The first-order chi connectivity index (χ1) is 8.12. The van der Waals surface area contributed by atoms with E-state index in [0.29, 0.717) is 0 Å². The minimum absolute atomic E-state index is 0.227. The van der Waals surface area contributed by atoms with Gasteiger partial charge in [0, 0.05) is 43.5 Å². The molecule has 0 amide bonds. The number of nitrogens with one attached hydrogen (secondary N) is 1. The molecule has 0 aromatic carbocycles. The van der Waals surface area contributed by atoms with Gasteiger partial charge in [0.15, 0.2) is 0 Å². The van der Waals surface area contributed by atoms with Gasteiger partial charge in [-0.2, -0.15) is 0 Å². The van der Waals surface area contributed by atoms with Gasteiger partial charge in [0.2, 0.25) is 0 Å². The van der Waals surface area contributed by atoms with E-state index in [1.54, 1.807) is 0 Å². The average Bonchev–Trinajstić information content (AvgIpc) is 2.77. The maximum Gasteiger partial charge on any atom is 0.0946 e. The summed E-state index contributed by atoms with van der Waals surface area (Å²) >= 11 is 1.81. The number of piperazine rings is 1. The number of hydrogen-bond donors (Lipinski definition) is 1. The number of aromatic nitrogens is 1. The number of hydrogen-bond acceptors (Lipinski definition) is 4. The van der Waals surface area contributed by atoms with Crippen LogP contribution < -0.4 is 5.32 Å². The second-order valence-corrected chi connectivity index (χ2v) is 6.26. The Morgan fingerprint density at radius 3 is 2.71 bits per heavy atom. The second kappa shape index (κ2) is 5.46. The van der Waals surface area contributed by atoms with Crippen LogP contribution in [0.2, 0.25) is 0 Å². The van der Waals surface area contributed by atoms with Crippen molar-refractivity contribution in [2.24, 2.45) is 0 Å². The summed E-state index contributed by atoms with van der Waals surface area (Å²) in [5.41, 5.74) is 1.46. The molecule has 3 nitrogen and oxygen atoms in total. The van der Waals surface area contributed by atoms with E-state index in [-0.39, 0.29) is 5.54 Å². The Morgan fingerprint density at radius 2 is 2.12 bits per heavy atom. The summed E-state index contributed by atoms with van der Waals surface area (Å²) in [6.45, 7) is 11.4. The summed E-state index contributed by atoms with van der Waals surface area (Å²) in [4.78, 5) is 7.26. The van der Waals surface area contributed by atoms with Gasteiger partial charge < -0.3 is 5.32 Å². The lowest BCUT2D eigenvalue weighted by molar-refractivity contribution is 0.103. The first kappa shape index (κ1) is 13.0. The highest BCUT2D eigenvalue weighted by Crippen LogP contribution is 2.23. The van der Waals surface area contributed by atoms with E-state index in [2.05, 4.69) is 41.4 Å². The summed E-state index contributed by atoms with van der Waals surface area (Å²) in [7, 11) is 0. The predicted octanol–water partition coefficient (Wildman–Crippen LogP) is 1.93. The van der Waals surface area contributed by atoms with Crippen LogP contribution in [0.4, 0.5) is 0 Å². The van der Waals surface area contributed by atoms with Gasteiger partial charge in [-0.1, -0.05) is 6.92 Å². The number of aryl methyl sites for hydroxylation is 1. The highest BCUT2D eigenvalue weighted by Gasteiger charge is 2.28.